The Morgan fingerprint density at radius 3 is 2.65 bits per heavy atom. The molecule has 1 aliphatic heterocycles. The van der Waals surface area contributed by atoms with Gasteiger partial charge in [0.1, 0.15) is 0 Å². The SMILES string of the molecule is Cn1nc(/C=C/C2CCCCC2)nc1N1CCOCC1. The van der Waals surface area contributed by atoms with E-state index in [1.165, 1.54) is 32.1 Å². The van der Waals surface area contributed by atoms with Gasteiger partial charge in [-0.2, -0.15) is 10.1 Å². The van der Waals surface area contributed by atoms with Gasteiger partial charge >= 0.3 is 0 Å². The van der Waals surface area contributed by atoms with E-state index >= 15 is 0 Å². The van der Waals surface area contributed by atoms with E-state index in [1.807, 2.05) is 11.7 Å². The fourth-order valence-electron chi connectivity index (χ4n) is 3.05. The third-order valence-electron chi connectivity index (χ3n) is 4.22. The molecule has 5 nitrogen and oxygen atoms in total. The Morgan fingerprint density at radius 1 is 1.15 bits per heavy atom. The molecule has 1 aromatic rings. The number of aromatic nitrogens is 3. The van der Waals surface area contributed by atoms with Crippen LogP contribution in [0.4, 0.5) is 5.95 Å². The highest BCUT2D eigenvalue weighted by Gasteiger charge is 2.17. The van der Waals surface area contributed by atoms with E-state index in [-0.39, 0.29) is 0 Å². The molecular formula is C15H24N4O. The molecule has 0 radical (unpaired) electrons. The van der Waals surface area contributed by atoms with Gasteiger partial charge in [-0.05, 0) is 24.8 Å². The summed E-state index contributed by atoms with van der Waals surface area (Å²) in [5.41, 5.74) is 0. The molecule has 0 amide bonds. The van der Waals surface area contributed by atoms with E-state index < -0.39 is 0 Å². The zero-order valence-electron chi connectivity index (χ0n) is 12.3. The van der Waals surface area contributed by atoms with Crippen LogP contribution >= 0.6 is 0 Å². The van der Waals surface area contributed by atoms with Crippen molar-refractivity contribution in [3.05, 3.63) is 11.9 Å². The van der Waals surface area contributed by atoms with Crippen molar-refractivity contribution in [1.82, 2.24) is 14.8 Å². The maximum Gasteiger partial charge on any atom is 0.224 e. The van der Waals surface area contributed by atoms with Crippen LogP contribution in [0, 0.1) is 5.92 Å². The Hall–Kier alpha value is -1.36. The summed E-state index contributed by atoms with van der Waals surface area (Å²) in [7, 11) is 1.97. The van der Waals surface area contributed by atoms with Gasteiger partial charge in [0.25, 0.3) is 0 Å². The van der Waals surface area contributed by atoms with Gasteiger partial charge in [-0.3, -0.25) is 0 Å². The van der Waals surface area contributed by atoms with Gasteiger partial charge in [-0.25, -0.2) is 4.68 Å². The number of aryl methyl sites for hydroxylation is 1. The average Bonchev–Trinajstić information content (AvgIpc) is 2.88. The van der Waals surface area contributed by atoms with Crippen LogP contribution in [0.25, 0.3) is 6.08 Å². The number of morpholine rings is 1. The Morgan fingerprint density at radius 2 is 1.90 bits per heavy atom. The predicted molar refractivity (Wildman–Crippen MR) is 79.6 cm³/mol. The van der Waals surface area contributed by atoms with Gasteiger partial charge in [0, 0.05) is 20.1 Å². The van der Waals surface area contributed by atoms with Crippen LogP contribution in [0.1, 0.15) is 37.9 Å². The largest absolute Gasteiger partial charge is 0.378 e. The lowest BCUT2D eigenvalue weighted by molar-refractivity contribution is 0.121. The number of rotatable bonds is 3. The van der Waals surface area contributed by atoms with Gasteiger partial charge in [0.15, 0.2) is 5.82 Å². The number of anilines is 1. The molecule has 20 heavy (non-hydrogen) atoms. The number of ether oxygens (including phenoxy) is 1. The summed E-state index contributed by atoms with van der Waals surface area (Å²) < 4.78 is 7.26. The van der Waals surface area contributed by atoms with Crippen LogP contribution < -0.4 is 4.90 Å². The Bertz CT molecular complexity index is 456. The second kappa shape index (κ2) is 6.39. The van der Waals surface area contributed by atoms with Crippen molar-refractivity contribution in [3.63, 3.8) is 0 Å². The molecule has 1 aliphatic carbocycles. The van der Waals surface area contributed by atoms with E-state index in [1.54, 1.807) is 0 Å². The number of allylic oxidation sites excluding steroid dienone is 1. The zero-order chi connectivity index (χ0) is 13.8. The van der Waals surface area contributed by atoms with Crippen molar-refractivity contribution in [2.24, 2.45) is 13.0 Å². The highest BCUT2D eigenvalue weighted by Crippen LogP contribution is 2.25. The smallest absolute Gasteiger partial charge is 0.224 e. The lowest BCUT2D eigenvalue weighted by Crippen LogP contribution is -2.37. The van der Waals surface area contributed by atoms with Gasteiger partial charge in [0.2, 0.25) is 5.95 Å². The van der Waals surface area contributed by atoms with Crippen molar-refractivity contribution >= 4 is 12.0 Å². The molecule has 0 bridgehead atoms. The first-order chi connectivity index (χ1) is 9.83. The lowest BCUT2D eigenvalue weighted by atomic mass is 9.89. The minimum Gasteiger partial charge on any atom is -0.378 e. The first kappa shape index (κ1) is 13.6. The van der Waals surface area contributed by atoms with E-state index in [0.29, 0.717) is 0 Å². The first-order valence-corrected chi connectivity index (χ1v) is 7.75. The standard InChI is InChI=1S/C15H24N4O/c1-18-15(19-9-11-20-12-10-19)16-14(17-18)8-7-13-5-3-2-4-6-13/h7-8,13H,2-6,9-12H2,1H3/b8-7+. The second-order valence-electron chi connectivity index (χ2n) is 5.75. The Labute approximate surface area is 120 Å². The molecule has 5 heteroatoms. The van der Waals surface area contributed by atoms with Crippen LogP contribution in [-0.2, 0) is 11.8 Å². The minimum absolute atomic E-state index is 0.722. The molecule has 1 saturated carbocycles. The van der Waals surface area contributed by atoms with Crippen molar-refractivity contribution < 1.29 is 4.74 Å². The van der Waals surface area contributed by atoms with Gasteiger partial charge < -0.3 is 9.64 Å². The monoisotopic (exact) mass is 276 g/mol. The molecule has 0 unspecified atom stereocenters. The second-order valence-corrected chi connectivity index (χ2v) is 5.75. The third kappa shape index (κ3) is 3.20. The molecule has 1 aromatic heterocycles. The normalized spacial score (nSPS) is 21.8. The van der Waals surface area contributed by atoms with E-state index in [4.69, 9.17) is 4.74 Å². The molecule has 2 fully saturated rings. The summed E-state index contributed by atoms with van der Waals surface area (Å²) in [6.07, 6.45) is 11.2. The van der Waals surface area contributed by atoms with Crippen LogP contribution in [0.3, 0.4) is 0 Å². The molecule has 0 atom stereocenters. The molecule has 2 aliphatic rings. The molecule has 1 saturated heterocycles. The lowest BCUT2D eigenvalue weighted by Gasteiger charge is -2.26. The fourth-order valence-corrected chi connectivity index (χ4v) is 3.05. The van der Waals surface area contributed by atoms with Crippen LogP contribution in [-0.4, -0.2) is 41.1 Å². The molecule has 2 heterocycles. The maximum absolute atomic E-state index is 5.38. The van der Waals surface area contributed by atoms with Gasteiger partial charge in [0.05, 0.1) is 13.2 Å². The predicted octanol–water partition coefficient (Wildman–Crippen LogP) is 2.25. The third-order valence-corrected chi connectivity index (χ3v) is 4.22. The molecule has 110 valence electrons. The molecular weight excluding hydrogens is 252 g/mol. The van der Waals surface area contributed by atoms with Crippen molar-refractivity contribution in [2.75, 3.05) is 31.2 Å². The molecule has 0 N–H and O–H groups in total. The number of hydrogen-bond acceptors (Lipinski definition) is 4. The first-order valence-electron chi connectivity index (χ1n) is 7.75. The quantitative estimate of drug-likeness (QED) is 0.849. The van der Waals surface area contributed by atoms with Crippen LogP contribution in [0.15, 0.2) is 6.08 Å². The molecule has 3 rings (SSSR count). The Balaban J connectivity index is 1.66. The van der Waals surface area contributed by atoms with E-state index in [0.717, 1.165) is 44.0 Å². The molecule has 0 aromatic carbocycles. The highest BCUT2D eigenvalue weighted by molar-refractivity contribution is 5.44. The van der Waals surface area contributed by atoms with E-state index in [9.17, 15) is 0 Å². The summed E-state index contributed by atoms with van der Waals surface area (Å²) in [4.78, 5) is 6.90. The summed E-state index contributed by atoms with van der Waals surface area (Å²) in [5, 5.41) is 4.51. The van der Waals surface area contributed by atoms with E-state index in [2.05, 4.69) is 27.1 Å². The minimum atomic E-state index is 0.722. The summed E-state index contributed by atoms with van der Waals surface area (Å²) >= 11 is 0. The van der Waals surface area contributed by atoms with Crippen LogP contribution in [0.2, 0.25) is 0 Å². The summed E-state index contributed by atoms with van der Waals surface area (Å²) in [6, 6.07) is 0. The van der Waals surface area contributed by atoms with Crippen molar-refractivity contribution in [1.29, 1.82) is 0 Å². The van der Waals surface area contributed by atoms with Gasteiger partial charge in [-0.1, -0.05) is 25.3 Å². The number of hydrogen-bond donors (Lipinski definition) is 0. The van der Waals surface area contributed by atoms with Gasteiger partial charge in [-0.15, -0.1) is 0 Å². The van der Waals surface area contributed by atoms with Crippen LogP contribution in [0.5, 0.6) is 0 Å². The summed E-state index contributed by atoms with van der Waals surface area (Å²) in [5.74, 6) is 2.51. The number of nitrogens with zero attached hydrogens (tertiary/aromatic N) is 4. The molecule has 0 spiro atoms. The fraction of sp³-hybridized carbons (Fsp3) is 0.733. The summed E-state index contributed by atoms with van der Waals surface area (Å²) in [6.45, 7) is 3.36. The average molecular weight is 276 g/mol. The maximum atomic E-state index is 5.38. The Kier molecular flexibility index (Phi) is 4.35. The van der Waals surface area contributed by atoms with Crippen molar-refractivity contribution in [2.45, 2.75) is 32.1 Å². The highest BCUT2D eigenvalue weighted by atomic mass is 16.5. The zero-order valence-corrected chi connectivity index (χ0v) is 12.3. The van der Waals surface area contributed by atoms with Crippen molar-refractivity contribution in [3.8, 4) is 0 Å². The topological polar surface area (TPSA) is 43.2 Å².